The maximum absolute atomic E-state index is 12.2. The summed E-state index contributed by atoms with van der Waals surface area (Å²) in [5, 5.41) is 3.11. The molecule has 4 heteroatoms. The Labute approximate surface area is 143 Å². The van der Waals surface area contributed by atoms with Crippen LogP contribution in [0.2, 0.25) is 0 Å². The van der Waals surface area contributed by atoms with Crippen molar-refractivity contribution < 1.29 is 14.3 Å². The van der Waals surface area contributed by atoms with E-state index >= 15 is 0 Å². The van der Waals surface area contributed by atoms with Crippen LogP contribution in [-0.2, 0) is 4.79 Å². The quantitative estimate of drug-likeness (QED) is 0.816. The highest BCUT2D eigenvalue weighted by molar-refractivity contribution is 5.78. The lowest BCUT2D eigenvalue weighted by molar-refractivity contribution is -0.125. The van der Waals surface area contributed by atoms with E-state index in [1.165, 1.54) is 38.5 Å². The summed E-state index contributed by atoms with van der Waals surface area (Å²) in [6.07, 6.45) is 8.92. The molecule has 1 aromatic rings. The van der Waals surface area contributed by atoms with Crippen LogP contribution in [0.25, 0.3) is 0 Å². The van der Waals surface area contributed by atoms with E-state index in [9.17, 15) is 9.59 Å². The van der Waals surface area contributed by atoms with Gasteiger partial charge in [-0.05, 0) is 73.8 Å². The molecule has 4 nitrogen and oxygen atoms in total. The summed E-state index contributed by atoms with van der Waals surface area (Å²) < 4.78 is 5.51. The molecule has 24 heavy (non-hydrogen) atoms. The van der Waals surface area contributed by atoms with Gasteiger partial charge >= 0.3 is 0 Å². The molecule has 4 saturated carbocycles. The number of benzene rings is 1. The molecule has 0 aliphatic heterocycles. The Balaban J connectivity index is 1.28. The minimum Gasteiger partial charge on any atom is -0.484 e. The summed E-state index contributed by atoms with van der Waals surface area (Å²) >= 11 is 0. The Morgan fingerprint density at radius 1 is 1.17 bits per heavy atom. The van der Waals surface area contributed by atoms with Crippen LogP contribution in [0.1, 0.15) is 48.9 Å². The molecule has 4 aliphatic rings. The van der Waals surface area contributed by atoms with Crippen LogP contribution in [-0.4, -0.2) is 25.3 Å². The van der Waals surface area contributed by atoms with Gasteiger partial charge in [0.25, 0.3) is 5.91 Å². The van der Waals surface area contributed by atoms with E-state index in [2.05, 4.69) is 5.32 Å². The molecule has 0 radical (unpaired) electrons. The molecular weight excluding hydrogens is 302 g/mol. The predicted molar refractivity (Wildman–Crippen MR) is 90.9 cm³/mol. The van der Waals surface area contributed by atoms with Gasteiger partial charge < -0.3 is 10.1 Å². The van der Waals surface area contributed by atoms with Crippen LogP contribution in [0.15, 0.2) is 24.3 Å². The third kappa shape index (κ3) is 3.19. The normalized spacial score (nSPS) is 33.2. The van der Waals surface area contributed by atoms with Gasteiger partial charge in [-0.3, -0.25) is 9.59 Å². The summed E-state index contributed by atoms with van der Waals surface area (Å²) in [5.41, 5.74) is 0.906. The number of aldehydes is 1. The second-order valence-corrected chi connectivity index (χ2v) is 8.17. The van der Waals surface area contributed by atoms with Gasteiger partial charge in [0.2, 0.25) is 0 Å². The van der Waals surface area contributed by atoms with Gasteiger partial charge in [-0.1, -0.05) is 12.1 Å². The summed E-state index contributed by atoms with van der Waals surface area (Å²) in [7, 11) is 0. The molecule has 4 bridgehead atoms. The number of nitrogens with one attached hydrogen (secondary N) is 1. The molecular formula is C20H25NO3. The van der Waals surface area contributed by atoms with E-state index in [1.807, 2.05) is 0 Å². The summed E-state index contributed by atoms with van der Waals surface area (Å²) in [5.74, 6) is 3.19. The van der Waals surface area contributed by atoms with Gasteiger partial charge in [-0.15, -0.1) is 0 Å². The predicted octanol–water partition coefficient (Wildman–Crippen LogP) is 3.21. The van der Waals surface area contributed by atoms with Crippen molar-refractivity contribution in [3.8, 4) is 5.75 Å². The zero-order valence-electron chi connectivity index (χ0n) is 14.0. The molecule has 0 unspecified atom stereocenters. The van der Waals surface area contributed by atoms with Crippen LogP contribution < -0.4 is 10.1 Å². The number of carbonyl (C=O) groups is 2. The standard InChI is InChI=1S/C20H25NO3/c22-11-14-2-1-3-18(7-14)24-12-19(23)21-13-20-8-15-4-16(9-20)6-17(5-15)10-20/h1-3,7,11,15-17H,4-6,8-10,12-13H2,(H,21,23). The molecule has 128 valence electrons. The van der Waals surface area contributed by atoms with Gasteiger partial charge in [-0.2, -0.15) is 0 Å². The van der Waals surface area contributed by atoms with Crippen molar-refractivity contribution in [2.75, 3.05) is 13.2 Å². The van der Waals surface area contributed by atoms with Gasteiger partial charge in [0.05, 0.1) is 0 Å². The number of hydrogen-bond acceptors (Lipinski definition) is 3. The molecule has 0 atom stereocenters. The molecule has 0 heterocycles. The number of ether oxygens (including phenoxy) is 1. The van der Waals surface area contributed by atoms with E-state index in [4.69, 9.17) is 4.74 Å². The van der Waals surface area contributed by atoms with E-state index in [0.717, 1.165) is 30.6 Å². The van der Waals surface area contributed by atoms with Crippen molar-refractivity contribution in [3.63, 3.8) is 0 Å². The Kier molecular flexibility index (Phi) is 4.07. The largest absolute Gasteiger partial charge is 0.484 e. The topological polar surface area (TPSA) is 55.4 Å². The molecule has 4 fully saturated rings. The molecule has 1 amide bonds. The summed E-state index contributed by atoms with van der Waals surface area (Å²) in [4.78, 5) is 22.9. The van der Waals surface area contributed by atoms with Gasteiger partial charge in [-0.25, -0.2) is 0 Å². The molecule has 5 rings (SSSR count). The fourth-order valence-corrected chi connectivity index (χ4v) is 5.67. The number of hydrogen-bond donors (Lipinski definition) is 1. The molecule has 1 aromatic carbocycles. The first-order valence-electron chi connectivity index (χ1n) is 9.09. The van der Waals surface area contributed by atoms with Crippen molar-refractivity contribution in [2.24, 2.45) is 23.2 Å². The first kappa shape index (κ1) is 15.7. The van der Waals surface area contributed by atoms with E-state index in [0.29, 0.717) is 16.7 Å². The number of rotatable bonds is 6. The molecule has 0 saturated heterocycles. The summed E-state index contributed by atoms with van der Waals surface area (Å²) in [6, 6.07) is 6.89. The zero-order chi connectivity index (χ0) is 16.6. The van der Waals surface area contributed by atoms with Crippen molar-refractivity contribution in [1.82, 2.24) is 5.32 Å². The Morgan fingerprint density at radius 2 is 1.83 bits per heavy atom. The Morgan fingerprint density at radius 3 is 2.46 bits per heavy atom. The molecule has 0 aromatic heterocycles. The fourth-order valence-electron chi connectivity index (χ4n) is 5.67. The minimum absolute atomic E-state index is 0.00861. The van der Waals surface area contributed by atoms with Crippen LogP contribution in [0.4, 0.5) is 0 Å². The first-order valence-corrected chi connectivity index (χ1v) is 9.09. The van der Waals surface area contributed by atoms with Crippen LogP contribution in [0.5, 0.6) is 5.75 Å². The SMILES string of the molecule is O=Cc1cccc(OCC(=O)NCC23CC4CC(CC(C4)C2)C3)c1. The van der Waals surface area contributed by atoms with E-state index in [1.54, 1.807) is 24.3 Å². The van der Waals surface area contributed by atoms with Gasteiger partial charge in [0, 0.05) is 12.1 Å². The van der Waals surface area contributed by atoms with Crippen molar-refractivity contribution in [2.45, 2.75) is 38.5 Å². The van der Waals surface area contributed by atoms with E-state index in [-0.39, 0.29) is 12.5 Å². The number of amides is 1. The molecule has 0 spiro atoms. The second kappa shape index (κ2) is 6.23. The summed E-state index contributed by atoms with van der Waals surface area (Å²) in [6.45, 7) is 0.807. The molecule has 1 N–H and O–H groups in total. The monoisotopic (exact) mass is 327 g/mol. The molecule has 4 aliphatic carbocycles. The average Bonchev–Trinajstić information content (AvgIpc) is 2.57. The maximum Gasteiger partial charge on any atom is 0.257 e. The zero-order valence-corrected chi connectivity index (χ0v) is 14.0. The number of carbonyl (C=O) groups excluding carboxylic acids is 2. The van der Waals surface area contributed by atoms with Crippen LogP contribution in [0.3, 0.4) is 0 Å². The van der Waals surface area contributed by atoms with Crippen molar-refractivity contribution in [3.05, 3.63) is 29.8 Å². The Hall–Kier alpha value is -1.84. The lowest BCUT2D eigenvalue weighted by atomic mass is 9.49. The van der Waals surface area contributed by atoms with Crippen molar-refractivity contribution >= 4 is 12.2 Å². The average molecular weight is 327 g/mol. The first-order chi connectivity index (χ1) is 11.6. The maximum atomic E-state index is 12.2. The van der Waals surface area contributed by atoms with Crippen LogP contribution >= 0.6 is 0 Å². The van der Waals surface area contributed by atoms with Gasteiger partial charge in [0.15, 0.2) is 6.61 Å². The minimum atomic E-state index is -0.0674. The highest BCUT2D eigenvalue weighted by atomic mass is 16.5. The van der Waals surface area contributed by atoms with Crippen molar-refractivity contribution in [1.29, 1.82) is 0 Å². The smallest absolute Gasteiger partial charge is 0.257 e. The van der Waals surface area contributed by atoms with E-state index < -0.39 is 0 Å². The highest BCUT2D eigenvalue weighted by Crippen LogP contribution is 2.59. The third-order valence-corrected chi connectivity index (χ3v) is 6.19. The van der Waals surface area contributed by atoms with Crippen LogP contribution in [0, 0.1) is 23.2 Å². The third-order valence-electron chi connectivity index (χ3n) is 6.19. The second-order valence-electron chi connectivity index (χ2n) is 8.17. The Bertz CT molecular complexity index is 604. The lowest BCUT2D eigenvalue weighted by Crippen LogP contribution is -2.51. The lowest BCUT2D eigenvalue weighted by Gasteiger charge is -2.56. The fraction of sp³-hybridized carbons (Fsp3) is 0.600. The highest BCUT2D eigenvalue weighted by Gasteiger charge is 2.50. The van der Waals surface area contributed by atoms with Gasteiger partial charge in [0.1, 0.15) is 12.0 Å².